The van der Waals surface area contributed by atoms with E-state index in [0.29, 0.717) is 5.56 Å². The zero-order valence-corrected chi connectivity index (χ0v) is 11.7. The molecule has 3 rings (SSSR count). The number of nitrogens with one attached hydrogen (secondary N) is 1. The summed E-state index contributed by atoms with van der Waals surface area (Å²) in [5.74, 6) is 0. The van der Waals surface area contributed by atoms with E-state index in [4.69, 9.17) is 10.4 Å². The molecule has 20 heavy (non-hydrogen) atoms. The van der Waals surface area contributed by atoms with Crippen LogP contribution in [0, 0.1) is 11.3 Å². The predicted molar refractivity (Wildman–Crippen MR) is 78.3 cm³/mol. The molecule has 0 spiro atoms. The minimum absolute atomic E-state index is 0.698. The van der Waals surface area contributed by atoms with Gasteiger partial charge in [-0.3, -0.25) is 4.68 Å². The largest absolute Gasteiger partial charge is 0.316 e. The molecule has 0 saturated heterocycles. The van der Waals surface area contributed by atoms with Crippen LogP contribution in [0.25, 0.3) is 11.3 Å². The first-order chi connectivity index (χ1) is 9.83. The molecule has 0 atom stereocenters. The van der Waals surface area contributed by atoms with Crippen LogP contribution in [0.2, 0.25) is 0 Å². The van der Waals surface area contributed by atoms with E-state index < -0.39 is 0 Å². The van der Waals surface area contributed by atoms with Crippen LogP contribution >= 0.6 is 0 Å². The van der Waals surface area contributed by atoms with Crippen LogP contribution in [-0.2, 0) is 19.4 Å². The Labute approximate surface area is 119 Å². The summed E-state index contributed by atoms with van der Waals surface area (Å²) in [5.41, 5.74) is 5.65. The summed E-state index contributed by atoms with van der Waals surface area (Å²) in [7, 11) is 0. The summed E-state index contributed by atoms with van der Waals surface area (Å²) in [6, 6.07) is 9.98. The third-order valence-electron chi connectivity index (χ3n) is 3.81. The highest BCUT2D eigenvalue weighted by Gasteiger charge is 2.19. The van der Waals surface area contributed by atoms with E-state index in [2.05, 4.69) is 23.0 Å². The molecule has 0 radical (unpaired) electrons. The Bertz CT molecular complexity index is 646. The lowest BCUT2D eigenvalue weighted by molar-refractivity contribution is 0.638. The number of fused-ring (bicyclic) bond motifs is 1. The van der Waals surface area contributed by atoms with Gasteiger partial charge in [-0.05, 0) is 32.0 Å². The second-order valence-electron chi connectivity index (χ2n) is 5.03. The Morgan fingerprint density at radius 1 is 1.25 bits per heavy atom. The molecule has 4 heteroatoms. The van der Waals surface area contributed by atoms with E-state index in [1.54, 1.807) is 0 Å². The van der Waals surface area contributed by atoms with Gasteiger partial charge in [-0.1, -0.05) is 12.1 Å². The molecule has 1 aromatic carbocycles. The summed E-state index contributed by atoms with van der Waals surface area (Å²) < 4.78 is 2.09. The summed E-state index contributed by atoms with van der Waals surface area (Å²) in [6.07, 6.45) is 2.01. The standard InChI is InChI=1S/C16H18N4/c1-2-20-16(13-5-3-12(11-17)4-6-13)14-7-9-18-10-8-15(14)19-20/h3-6,18H,2,7-10H2,1H3. The van der Waals surface area contributed by atoms with Crippen molar-refractivity contribution in [3.8, 4) is 17.3 Å². The number of aromatic nitrogens is 2. The molecular weight excluding hydrogens is 248 g/mol. The summed E-state index contributed by atoms with van der Waals surface area (Å²) >= 11 is 0. The molecule has 0 saturated carbocycles. The molecule has 0 fully saturated rings. The Balaban J connectivity index is 2.11. The maximum atomic E-state index is 8.91. The monoisotopic (exact) mass is 266 g/mol. The Hall–Kier alpha value is -2.12. The highest BCUT2D eigenvalue weighted by atomic mass is 15.3. The molecule has 0 aliphatic carbocycles. The summed E-state index contributed by atoms with van der Waals surface area (Å²) in [6.45, 7) is 5.00. The number of aryl methyl sites for hydroxylation is 1. The van der Waals surface area contributed by atoms with Crippen molar-refractivity contribution in [1.29, 1.82) is 5.26 Å². The second-order valence-corrected chi connectivity index (χ2v) is 5.03. The van der Waals surface area contributed by atoms with Crippen molar-refractivity contribution in [2.45, 2.75) is 26.3 Å². The van der Waals surface area contributed by atoms with Gasteiger partial charge in [-0.25, -0.2) is 0 Å². The maximum absolute atomic E-state index is 8.91. The van der Waals surface area contributed by atoms with E-state index in [1.165, 1.54) is 17.0 Å². The molecule has 1 aliphatic heterocycles. The van der Waals surface area contributed by atoms with Gasteiger partial charge in [0.25, 0.3) is 0 Å². The number of rotatable bonds is 2. The lowest BCUT2D eigenvalue weighted by atomic mass is 10.0. The fraction of sp³-hybridized carbons (Fsp3) is 0.375. The van der Waals surface area contributed by atoms with Gasteiger partial charge in [0.15, 0.2) is 0 Å². The van der Waals surface area contributed by atoms with Gasteiger partial charge in [0.2, 0.25) is 0 Å². The topological polar surface area (TPSA) is 53.6 Å². The van der Waals surface area contributed by atoms with Crippen molar-refractivity contribution in [3.63, 3.8) is 0 Å². The third kappa shape index (κ3) is 2.21. The molecule has 2 heterocycles. The Kier molecular flexibility index (Phi) is 3.53. The normalized spacial score (nSPS) is 14.4. The van der Waals surface area contributed by atoms with Crippen molar-refractivity contribution in [3.05, 3.63) is 41.1 Å². The SMILES string of the molecule is CCn1nc2c(c1-c1ccc(C#N)cc1)CCNCC2. The fourth-order valence-corrected chi connectivity index (χ4v) is 2.81. The number of hydrogen-bond donors (Lipinski definition) is 1. The van der Waals surface area contributed by atoms with Crippen LogP contribution in [-0.4, -0.2) is 22.9 Å². The predicted octanol–water partition coefficient (Wildman–Crippen LogP) is 2.13. The van der Waals surface area contributed by atoms with Gasteiger partial charge < -0.3 is 5.32 Å². The smallest absolute Gasteiger partial charge is 0.0991 e. The quantitative estimate of drug-likeness (QED) is 0.906. The van der Waals surface area contributed by atoms with Crippen molar-refractivity contribution in [2.75, 3.05) is 13.1 Å². The molecule has 0 unspecified atom stereocenters. The zero-order chi connectivity index (χ0) is 13.9. The van der Waals surface area contributed by atoms with Gasteiger partial charge in [0, 0.05) is 30.6 Å². The highest BCUT2D eigenvalue weighted by molar-refractivity contribution is 5.66. The van der Waals surface area contributed by atoms with Gasteiger partial charge in [0.1, 0.15) is 0 Å². The number of hydrogen-bond acceptors (Lipinski definition) is 3. The van der Waals surface area contributed by atoms with Crippen LogP contribution in [0.5, 0.6) is 0 Å². The van der Waals surface area contributed by atoms with Crippen molar-refractivity contribution < 1.29 is 0 Å². The first kappa shape index (κ1) is 12.9. The van der Waals surface area contributed by atoms with Crippen LogP contribution in [0.4, 0.5) is 0 Å². The average molecular weight is 266 g/mol. The second kappa shape index (κ2) is 5.48. The summed E-state index contributed by atoms with van der Waals surface area (Å²) in [4.78, 5) is 0. The lowest BCUT2D eigenvalue weighted by Gasteiger charge is -2.08. The summed E-state index contributed by atoms with van der Waals surface area (Å²) in [5, 5.41) is 17.1. The lowest BCUT2D eigenvalue weighted by Crippen LogP contribution is -2.17. The zero-order valence-electron chi connectivity index (χ0n) is 11.7. The first-order valence-electron chi connectivity index (χ1n) is 7.13. The Morgan fingerprint density at radius 2 is 2.00 bits per heavy atom. The Morgan fingerprint density at radius 3 is 2.70 bits per heavy atom. The maximum Gasteiger partial charge on any atom is 0.0991 e. The molecule has 4 nitrogen and oxygen atoms in total. The van der Waals surface area contributed by atoms with Crippen LogP contribution in [0.1, 0.15) is 23.7 Å². The molecule has 1 N–H and O–H groups in total. The molecule has 0 bridgehead atoms. The van der Waals surface area contributed by atoms with E-state index >= 15 is 0 Å². The van der Waals surface area contributed by atoms with Crippen LogP contribution in [0.15, 0.2) is 24.3 Å². The van der Waals surface area contributed by atoms with E-state index in [9.17, 15) is 0 Å². The molecular formula is C16H18N4. The minimum Gasteiger partial charge on any atom is -0.316 e. The van der Waals surface area contributed by atoms with E-state index in [-0.39, 0.29) is 0 Å². The highest BCUT2D eigenvalue weighted by Crippen LogP contribution is 2.28. The van der Waals surface area contributed by atoms with Gasteiger partial charge in [-0.15, -0.1) is 0 Å². The van der Waals surface area contributed by atoms with Crippen LogP contribution < -0.4 is 5.32 Å². The third-order valence-corrected chi connectivity index (χ3v) is 3.81. The van der Waals surface area contributed by atoms with Crippen molar-refractivity contribution in [1.82, 2.24) is 15.1 Å². The minimum atomic E-state index is 0.698. The molecule has 1 aliphatic rings. The molecule has 2 aromatic rings. The van der Waals surface area contributed by atoms with Gasteiger partial charge in [0.05, 0.1) is 23.0 Å². The van der Waals surface area contributed by atoms with Crippen molar-refractivity contribution in [2.24, 2.45) is 0 Å². The van der Waals surface area contributed by atoms with Crippen molar-refractivity contribution >= 4 is 0 Å². The van der Waals surface area contributed by atoms with E-state index in [1.807, 2.05) is 24.3 Å². The number of benzene rings is 1. The first-order valence-corrected chi connectivity index (χ1v) is 7.13. The number of nitriles is 1. The van der Waals surface area contributed by atoms with Gasteiger partial charge >= 0.3 is 0 Å². The average Bonchev–Trinajstić information content (AvgIpc) is 2.69. The van der Waals surface area contributed by atoms with Gasteiger partial charge in [-0.2, -0.15) is 10.4 Å². The van der Waals surface area contributed by atoms with E-state index in [0.717, 1.165) is 38.0 Å². The molecule has 0 amide bonds. The molecule has 102 valence electrons. The fourth-order valence-electron chi connectivity index (χ4n) is 2.81. The molecule has 1 aromatic heterocycles. The number of nitrogens with zero attached hydrogens (tertiary/aromatic N) is 3. The van der Waals surface area contributed by atoms with Crippen LogP contribution in [0.3, 0.4) is 0 Å².